The standard InChI is InChI=1S/C21H25N9O/c1-26(2)19-16-12-15(4-5-17(16)22-14-23-19)29-9-7-28(8-10-29)13-18-24-25-20-21(31)27(3)6-11-30(18)20/h4-6,11-12,14H,7-10,13H2,1-3H3. The molecule has 3 aromatic heterocycles. The minimum Gasteiger partial charge on any atom is -0.369 e. The van der Waals surface area contributed by atoms with Crippen LogP contribution in [0.5, 0.6) is 0 Å². The van der Waals surface area contributed by atoms with Crippen molar-refractivity contribution in [2.75, 3.05) is 50.1 Å². The predicted molar refractivity (Wildman–Crippen MR) is 120 cm³/mol. The van der Waals surface area contributed by atoms with Crippen molar-refractivity contribution in [1.29, 1.82) is 0 Å². The quantitative estimate of drug-likeness (QED) is 0.479. The minimum absolute atomic E-state index is 0.136. The summed E-state index contributed by atoms with van der Waals surface area (Å²) in [6, 6.07) is 6.38. The van der Waals surface area contributed by atoms with E-state index in [1.807, 2.05) is 25.2 Å². The van der Waals surface area contributed by atoms with Gasteiger partial charge in [-0.3, -0.25) is 14.1 Å². The third-order valence-corrected chi connectivity index (χ3v) is 5.84. The minimum atomic E-state index is -0.136. The fourth-order valence-electron chi connectivity index (χ4n) is 4.07. The first-order valence-electron chi connectivity index (χ1n) is 10.3. The molecule has 0 saturated carbocycles. The molecule has 0 radical (unpaired) electrons. The second-order valence-corrected chi connectivity index (χ2v) is 8.08. The van der Waals surface area contributed by atoms with Crippen LogP contribution in [0.3, 0.4) is 0 Å². The number of benzene rings is 1. The lowest BCUT2D eigenvalue weighted by Gasteiger charge is -2.35. The third kappa shape index (κ3) is 3.48. The summed E-state index contributed by atoms with van der Waals surface area (Å²) in [5, 5.41) is 9.40. The zero-order chi connectivity index (χ0) is 21.5. The Morgan fingerprint density at radius 3 is 2.61 bits per heavy atom. The van der Waals surface area contributed by atoms with Crippen LogP contribution in [0.15, 0.2) is 41.7 Å². The first-order valence-corrected chi connectivity index (χ1v) is 10.3. The molecule has 4 aromatic rings. The van der Waals surface area contributed by atoms with Crippen LogP contribution in [0.2, 0.25) is 0 Å². The second kappa shape index (κ2) is 7.62. The van der Waals surface area contributed by atoms with E-state index in [4.69, 9.17) is 0 Å². The molecule has 1 aromatic carbocycles. The van der Waals surface area contributed by atoms with Crippen molar-refractivity contribution in [3.8, 4) is 0 Å². The number of anilines is 2. The maximum Gasteiger partial charge on any atom is 0.295 e. The first-order chi connectivity index (χ1) is 15.0. The van der Waals surface area contributed by atoms with Crippen LogP contribution in [-0.4, -0.2) is 74.3 Å². The lowest BCUT2D eigenvalue weighted by molar-refractivity contribution is 0.243. The second-order valence-electron chi connectivity index (χ2n) is 8.08. The van der Waals surface area contributed by atoms with Crippen molar-refractivity contribution < 1.29 is 0 Å². The van der Waals surface area contributed by atoms with Crippen LogP contribution in [0, 0.1) is 0 Å². The lowest BCUT2D eigenvalue weighted by atomic mass is 10.1. The molecule has 10 nitrogen and oxygen atoms in total. The molecular weight excluding hydrogens is 394 g/mol. The number of piperazine rings is 1. The maximum atomic E-state index is 12.2. The highest BCUT2D eigenvalue weighted by Gasteiger charge is 2.20. The Morgan fingerprint density at radius 1 is 1.03 bits per heavy atom. The molecule has 0 amide bonds. The fraction of sp³-hybridized carbons (Fsp3) is 0.381. The van der Waals surface area contributed by atoms with Gasteiger partial charge in [-0.2, -0.15) is 0 Å². The van der Waals surface area contributed by atoms with E-state index in [2.05, 4.69) is 48.2 Å². The molecule has 0 N–H and O–H groups in total. The summed E-state index contributed by atoms with van der Waals surface area (Å²) in [5.41, 5.74) is 2.37. The van der Waals surface area contributed by atoms with Gasteiger partial charge >= 0.3 is 0 Å². The molecule has 4 heterocycles. The van der Waals surface area contributed by atoms with E-state index in [1.54, 1.807) is 24.0 Å². The Hall–Kier alpha value is -3.53. The molecule has 0 atom stereocenters. The van der Waals surface area contributed by atoms with Gasteiger partial charge in [0.1, 0.15) is 12.1 Å². The number of hydrogen-bond donors (Lipinski definition) is 0. The van der Waals surface area contributed by atoms with Gasteiger partial charge in [0.05, 0.1) is 12.1 Å². The Kier molecular flexibility index (Phi) is 4.78. The monoisotopic (exact) mass is 419 g/mol. The van der Waals surface area contributed by atoms with Gasteiger partial charge in [-0.25, -0.2) is 9.97 Å². The smallest absolute Gasteiger partial charge is 0.295 e. The summed E-state index contributed by atoms with van der Waals surface area (Å²) in [6.07, 6.45) is 5.20. The molecule has 1 aliphatic heterocycles. The lowest BCUT2D eigenvalue weighted by Crippen LogP contribution is -2.46. The van der Waals surface area contributed by atoms with Gasteiger partial charge < -0.3 is 14.4 Å². The Morgan fingerprint density at radius 2 is 1.84 bits per heavy atom. The van der Waals surface area contributed by atoms with Crippen LogP contribution in [0.1, 0.15) is 5.82 Å². The van der Waals surface area contributed by atoms with E-state index in [-0.39, 0.29) is 5.56 Å². The van der Waals surface area contributed by atoms with Crippen LogP contribution in [0.4, 0.5) is 11.5 Å². The van der Waals surface area contributed by atoms with Crippen molar-refractivity contribution in [2.24, 2.45) is 7.05 Å². The summed E-state index contributed by atoms with van der Waals surface area (Å²) in [5.74, 6) is 1.72. The summed E-state index contributed by atoms with van der Waals surface area (Å²) >= 11 is 0. The first kappa shape index (κ1) is 19.4. The highest BCUT2D eigenvalue weighted by Crippen LogP contribution is 2.27. The third-order valence-electron chi connectivity index (χ3n) is 5.84. The molecule has 1 aliphatic rings. The van der Waals surface area contributed by atoms with Crippen LogP contribution in [0.25, 0.3) is 16.6 Å². The number of hydrogen-bond acceptors (Lipinski definition) is 8. The zero-order valence-electron chi connectivity index (χ0n) is 17.9. The molecule has 0 aliphatic carbocycles. The highest BCUT2D eigenvalue weighted by molar-refractivity contribution is 5.91. The molecular formula is C21H25N9O. The molecule has 0 unspecified atom stereocenters. The van der Waals surface area contributed by atoms with Gasteiger partial charge in [-0.15, -0.1) is 10.2 Å². The van der Waals surface area contributed by atoms with E-state index in [9.17, 15) is 4.79 Å². The van der Waals surface area contributed by atoms with Crippen LogP contribution in [-0.2, 0) is 13.6 Å². The average molecular weight is 419 g/mol. The molecule has 1 saturated heterocycles. The van der Waals surface area contributed by atoms with Crippen LogP contribution >= 0.6 is 0 Å². The van der Waals surface area contributed by atoms with E-state index in [0.717, 1.165) is 48.7 Å². The van der Waals surface area contributed by atoms with Crippen molar-refractivity contribution in [2.45, 2.75) is 6.54 Å². The van der Waals surface area contributed by atoms with Gasteiger partial charge in [0, 0.05) is 70.8 Å². The molecule has 1 fully saturated rings. The molecule has 5 rings (SSSR count). The SMILES string of the molecule is CN(C)c1ncnc2ccc(N3CCN(Cc4nnc5c(=O)n(C)ccn45)CC3)cc12. The fourth-order valence-corrected chi connectivity index (χ4v) is 4.07. The predicted octanol–water partition coefficient (Wildman–Crippen LogP) is 0.759. The maximum absolute atomic E-state index is 12.2. The number of rotatable bonds is 4. The topological polar surface area (TPSA) is 87.7 Å². The zero-order valence-corrected chi connectivity index (χ0v) is 17.9. The highest BCUT2D eigenvalue weighted by atomic mass is 16.1. The molecule has 160 valence electrons. The van der Waals surface area contributed by atoms with E-state index in [0.29, 0.717) is 12.2 Å². The van der Waals surface area contributed by atoms with Crippen molar-refractivity contribution >= 4 is 28.1 Å². The van der Waals surface area contributed by atoms with Crippen molar-refractivity contribution in [1.82, 2.24) is 34.0 Å². The Balaban J connectivity index is 1.31. The van der Waals surface area contributed by atoms with Gasteiger partial charge in [-0.1, -0.05) is 0 Å². The van der Waals surface area contributed by atoms with E-state index < -0.39 is 0 Å². The van der Waals surface area contributed by atoms with Gasteiger partial charge in [0.25, 0.3) is 5.56 Å². The summed E-state index contributed by atoms with van der Waals surface area (Å²) in [4.78, 5) is 27.8. The van der Waals surface area contributed by atoms with Gasteiger partial charge in [-0.05, 0) is 18.2 Å². The molecule has 10 heteroatoms. The van der Waals surface area contributed by atoms with Gasteiger partial charge in [0.15, 0.2) is 5.82 Å². The van der Waals surface area contributed by atoms with Crippen LogP contribution < -0.4 is 15.4 Å². The molecule has 0 spiro atoms. The van der Waals surface area contributed by atoms with Crippen molar-refractivity contribution in [3.05, 3.63) is 53.1 Å². The average Bonchev–Trinajstić information content (AvgIpc) is 3.19. The molecule has 0 bridgehead atoms. The Labute approximate surface area is 179 Å². The Bertz CT molecular complexity index is 1300. The van der Waals surface area contributed by atoms with Gasteiger partial charge in [0.2, 0.25) is 5.65 Å². The number of aromatic nitrogens is 6. The number of aryl methyl sites for hydroxylation is 1. The normalized spacial score (nSPS) is 15.1. The summed E-state index contributed by atoms with van der Waals surface area (Å²) < 4.78 is 3.31. The molecule has 31 heavy (non-hydrogen) atoms. The van der Waals surface area contributed by atoms with E-state index in [1.165, 1.54) is 10.3 Å². The largest absolute Gasteiger partial charge is 0.369 e. The summed E-state index contributed by atoms with van der Waals surface area (Å²) in [7, 11) is 5.71. The van der Waals surface area contributed by atoms with E-state index >= 15 is 0 Å². The number of fused-ring (bicyclic) bond motifs is 2. The van der Waals surface area contributed by atoms with Crippen molar-refractivity contribution in [3.63, 3.8) is 0 Å². The number of nitrogens with zero attached hydrogens (tertiary/aromatic N) is 9. The summed E-state index contributed by atoms with van der Waals surface area (Å²) in [6.45, 7) is 4.30.